The number of hydrogen-bond donors (Lipinski definition) is 1. The van der Waals surface area contributed by atoms with Crippen LogP contribution in [0.1, 0.15) is 39.7 Å². The predicted octanol–water partition coefficient (Wildman–Crippen LogP) is 5.33. The molecule has 108 valence electrons. The molecule has 1 aromatic rings. The van der Waals surface area contributed by atoms with Crippen LogP contribution in [0.15, 0.2) is 27.6 Å². The van der Waals surface area contributed by atoms with E-state index in [2.05, 4.69) is 67.1 Å². The van der Waals surface area contributed by atoms with Crippen LogP contribution >= 0.6 is 27.7 Å². The Morgan fingerprint density at radius 1 is 1.26 bits per heavy atom. The largest absolute Gasteiger partial charge is 0.312 e. The van der Waals surface area contributed by atoms with E-state index in [-0.39, 0.29) is 0 Å². The lowest BCUT2D eigenvalue weighted by Gasteiger charge is -2.14. The molecule has 1 aromatic carbocycles. The third-order valence-electron chi connectivity index (χ3n) is 3.11. The van der Waals surface area contributed by atoms with Crippen molar-refractivity contribution in [1.29, 1.82) is 0 Å². The summed E-state index contributed by atoms with van der Waals surface area (Å²) < 4.78 is 1.17. The summed E-state index contributed by atoms with van der Waals surface area (Å²) >= 11 is 5.56. The van der Waals surface area contributed by atoms with Crippen LogP contribution in [0.3, 0.4) is 0 Å². The first-order valence-electron chi connectivity index (χ1n) is 7.14. The maximum Gasteiger partial charge on any atom is 0.0217 e. The molecule has 0 aliphatic carbocycles. The van der Waals surface area contributed by atoms with Crippen LogP contribution in [0, 0.1) is 11.8 Å². The van der Waals surface area contributed by atoms with Crippen molar-refractivity contribution < 1.29 is 0 Å². The molecule has 0 aliphatic rings. The van der Waals surface area contributed by atoms with Crippen molar-refractivity contribution in [3.05, 3.63) is 28.2 Å². The topological polar surface area (TPSA) is 12.0 Å². The van der Waals surface area contributed by atoms with E-state index in [4.69, 9.17) is 0 Å². The fourth-order valence-corrected chi connectivity index (χ4v) is 3.26. The van der Waals surface area contributed by atoms with E-state index in [1.807, 2.05) is 11.8 Å². The normalized spacial score (nSPS) is 12.9. The van der Waals surface area contributed by atoms with Crippen molar-refractivity contribution in [2.24, 2.45) is 11.8 Å². The quantitative estimate of drug-likeness (QED) is 0.640. The third kappa shape index (κ3) is 6.82. The number of thioether (sulfide) groups is 1. The minimum absolute atomic E-state index is 0.698. The van der Waals surface area contributed by atoms with E-state index in [0.717, 1.165) is 19.0 Å². The van der Waals surface area contributed by atoms with Gasteiger partial charge in [-0.3, -0.25) is 0 Å². The number of halogens is 1. The van der Waals surface area contributed by atoms with Gasteiger partial charge in [0.05, 0.1) is 0 Å². The number of benzene rings is 1. The van der Waals surface area contributed by atoms with Gasteiger partial charge in [0.1, 0.15) is 0 Å². The first kappa shape index (κ1) is 17.1. The highest BCUT2D eigenvalue weighted by atomic mass is 79.9. The smallest absolute Gasteiger partial charge is 0.0217 e. The average molecular weight is 344 g/mol. The molecule has 1 N–H and O–H groups in total. The second-order valence-corrected chi connectivity index (χ2v) is 7.58. The molecule has 0 spiro atoms. The van der Waals surface area contributed by atoms with Gasteiger partial charge in [0, 0.05) is 21.7 Å². The second-order valence-electron chi connectivity index (χ2n) is 5.60. The second kappa shape index (κ2) is 9.04. The zero-order valence-corrected chi connectivity index (χ0v) is 14.9. The Morgan fingerprint density at radius 3 is 2.63 bits per heavy atom. The lowest BCUT2D eigenvalue weighted by atomic mass is 10.2. The van der Waals surface area contributed by atoms with Crippen molar-refractivity contribution in [3.63, 3.8) is 0 Å². The summed E-state index contributed by atoms with van der Waals surface area (Å²) in [6.07, 6.45) is 1.25. The number of rotatable bonds is 8. The molecule has 19 heavy (non-hydrogen) atoms. The molecular formula is C16H26BrNS. The van der Waals surface area contributed by atoms with Crippen molar-refractivity contribution in [2.45, 2.75) is 45.6 Å². The lowest BCUT2D eigenvalue weighted by molar-refractivity contribution is 0.550. The standard InChI is InChI=1S/C16H26BrNS/c1-5-13(4)11-19-16-7-6-15(17)8-14(16)10-18-9-12(2)3/h6-8,12-13,18H,5,9-11H2,1-4H3. The van der Waals surface area contributed by atoms with Gasteiger partial charge >= 0.3 is 0 Å². The minimum Gasteiger partial charge on any atom is -0.312 e. The summed E-state index contributed by atoms with van der Waals surface area (Å²) in [5, 5.41) is 3.54. The van der Waals surface area contributed by atoms with Crippen molar-refractivity contribution in [2.75, 3.05) is 12.3 Å². The SMILES string of the molecule is CCC(C)CSc1ccc(Br)cc1CNCC(C)C. The van der Waals surface area contributed by atoms with Crippen molar-refractivity contribution in [1.82, 2.24) is 5.32 Å². The van der Waals surface area contributed by atoms with Crippen LogP contribution < -0.4 is 5.32 Å². The lowest BCUT2D eigenvalue weighted by Crippen LogP contribution is -2.19. The zero-order valence-electron chi connectivity index (χ0n) is 12.5. The van der Waals surface area contributed by atoms with Gasteiger partial charge in [0.2, 0.25) is 0 Å². The molecule has 0 radical (unpaired) electrons. The molecular weight excluding hydrogens is 318 g/mol. The van der Waals surface area contributed by atoms with Crippen LogP contribution in [-0.4, -0.2) is 12.3 Å². The van der Waals surface area contributed by atoms with Crippen LogP contribution in [0.5, 0.6) is 0 Å². The summed E-state index contributed by atoms with van der Waals surface area (Å²) in [6.45, 7) is 11.1. The van der Waals surface area contributed by atoms with Crippen LogP contribution in [0.2, 0.25) is 0 Å². The van der Waals surface area contributed by atoms with Crippen LogP contribution in [-0.2, 0) is 6.54 Å². The Bertz CT molecular complexity index is 379. The highest BCUT2D eigenvalue weighted by Crippen LogP contribution is 2.28. The summed E-state index contributed by atoms with van der Waals surface area (Å²) in [5.74, 6) is 2.68. The molecule has 1 atom stereocenters. The highest BCUT2D eigenvalue weighted by molar-refractivity contribution is 9.10. The maximum atomic E-state index is 3.57. The number of hydrogen-bond acceptors (Lipinski definition) is 2. The zero-order chi connectivity index (χ0) is 14.3. The van der Waals surface area contributed by atoms with E-state index < -0.39 is 0 Å². The average Bonchev–Trinajstić information content (AvgIpc) is 2.37. The number of nitrogens with one attached hydrogen (secondary N) is 1. The Morgan fingerprint density at radius 2 is 2.00 bits per heavy atom. The third-order valence-corrected chi connectivity index (χ3v) is 5.05. The molecule has 0 saturated carbocycles. The van der Waals surface area contributed by atoms with Crippen LogP contribution in [0.25, 0.3) is 0 Å². The molecule has 0 fully saturated rings. The monoisotopic (exact) mass is 343 g/mol. The Kier molecular flexibility index (Phi) is 8.12. The Balaban J connectivity index is 2.63. The minimum atomic E-state index is 0.698. The molecule has 0 saturated heterocycles. The molecule has 1 nitrogen and oxygen atoms in total. The fourth-order valence-electron chi connectivity index (χ4n) is 1.67. The molecule has 0 aromatic heterocycles. The maximum absolute atomic E-state index is 3.57. The molecule has 0 bridgehead atoms. The van der Waals surface area contributed by atoms with Gasteiger partial charge in [-0.1, -0.05) is 50.0 Å². The van der Waals surface area contributed by atoms with Gasteiger partial charge in [-0.15, -0.1) is 11.8 Å². The molecule has 1 rings (SSSR count). The first-order valence-corrected chi connectivity index (χ1v) is 8.92. The van der Waals surface area contributed by atoms with Crippen molar-refractivity contribution >= 4 is 27.7 Å². The van der Waals surface area contributed by atoms with E-state index >= 15 is 0 Å². The molecule has 3 heteroatoms. The highest BCUT2D eigenvalue weighted by Gasteiger charge is 2.07. The Hall–Kier alpha value is 0.01000. The summed E-state index contributed by atoms with van der Waals surface area (Å²) in [4.78, 5) is 1.42. The van der Waals surface area contributed by atoms with E-state index in [9.17, 15) is 0 Å². The van der Waals surface area contributed by atoms with Crippen LogP contribution in [0.4, 0.5) is 0 Å². The van der Waals surface area contributed by atoms with Gasteiger partial charge in [0.15, 0.2) is 0 Å². The van der Waals surface area contributed by atoms with E-state index in [1.165, 1.54) is 27.1 Å². The van der Waals surface area contributed by atoms with Gasteiger partial charge in [-0.25, -0.2) is 0 Å². The van der Waals surface area contributed by atoms with Gasteiger partial charge in [-0.2, -0.15) is 0 Å². The molecule has 0 amide bonds. The predicted molar refractivity (Wildman–Crippen MR) is 90.9 cm³/mol. The van der Waals surface area contributed by atoms with E-state index in [1.54, 1.807) is 0 Å². The summed E-state index contributed by atoms with van der Waals surface area (Å²) in [5.41, 5.74) is 1.41. The molecule has 1 unspecified atom stereocenters. The Labute approximate surface area is 131 Å². The van der Waals surface area contributed by atoms with Crippen molar-refractivity contribution in [3.8, 4) is 0 Å². The first-order chi connectivity index (χ1) is 9.02. The fraction of sp³-hybridized carbons (Fsp3) is 0.625. The van der Waals surface area contributed by atoms with E-state index in [0.29, 0.717) is 5.92 Å². The van der Waals surface area contributed by atoms with Gasteiger partial charge < -0.3 is 5.32 Å². The molecule has 0 aliphatic heterocycles. The van der Waals surface area contributed by atoms with Gasteiger partial charge in [-0.05, 0) is 42.1 Å². The molecule has 0 heterocycles. The van der Waals surface area contributed by atoms with Gasteiger partial charge in [0.25, 0.3) is 0 Å². The summed E-state index contributed by atoms with van der Waals surface area (Å²) in [6, 6.07) is 6.63. The summed E-state index contributed by atoms with van der Waals surface area (Å²) in [7, 11) is 0.